The minimum absolute atomic E-state index is 0. The van der Waals surface area contributed by atoms with Gasteiger partial charge in [-0.25, -0.2) is 0 Å². The van der Waals surface area contributed by atoms with Crippen LogP contribution in [0.1, 0.15) is 18.5 Å². The van der Waals surface area contributed by atoms with E-state index in [1.165, 1.54) is 6.07 Å². The molecule has 0 spiro atoms. The summed E-state index contributed by atoms with van der Waals surface area (Å²) in [6, 6.07) is 4.77. The van der Waals surface area contributed by atoms with E-state index in [-0.39, 0.29) is 57.4 Å². The van der Waals surface area contributed by atoms with Crippen molar-refractivity contribution in [1.82, 2.24) is 0 Å². The van der Waals surface area contributed by atoms with Crippen LogP contribution in [0, 0.1) is 0 Å². The molecule has 0 aliphatic heterocycles. The SMILES string of the molecule is CC(N)c1cccc([B-](F)(F)F)c1.[K+]. The van der Waals surface area contributed by atoms with Crippen molar-refractivity contribution < 1.29 is 64.3 Å². The van der Waals surface area contributed by atoms with Crippen molar-refractivity contribution >= 4 is 12.4 Å². The zero-order chi connectivity index (χ0) is 10.1. The van der Waals surface area contributed by atoms with Gasteiger partial charge in [0.05, 0.1) is 0 Å². The Balaban J connectivity index is 0.00000169. The largest absolute Gasteiger partial charge is 1.00 e. The van der Waals surface area contributed by atoms with Gasteiger partial charge in [0.2, 0.25) is 0 Å². The maximum atomic E-state index is 12.3. The predicted molar refractivity (Wildman–Crippen MR) is 47.8 cm³/mol. The number of hydrogen-bond donors (Lipinski definition) is 1. The summed E-state index contributed by atoms with van der Waals surface area (Å²) in [7, 11) is 0. The Morgan fingerprint density at radius 3 is 2.29 bits per heavy atom. The third-order valence-electron chi connectivity index (χ3n) is 1.81. The van der Waals surface area contributed by atoms with E-state index in [2.05, 4.69) is 0 Å². The van der Waals surface area contributed by atoms with E-state index in [0.717, 1.165) is 12.1 Å². The van der Waals surface area contributed by atoms with Gasteiger partial charge in [-0.15, -0.1) is 5.46 Å². The van der Waals surface area contributed by atoms with Gasteiger partial charge in [0.1, 0.15) is 0 Å². The van der Waals surface area contributed by atoms with Crippen LogP contribution in [0.5, 0.6) is 0 Å². The molecule has 0 saturated carbocycles. The molecule has 1 unspecified atom stereocenters. The Kier molecular flexibility index (Phi) is 5.94. The van der Waals surface area contributed by atoms with E-state index in [0.29, 0.717) is 5.56 Å². The molecule has 1 nitrogen and oxygen atoms in total. The fourth-order valence-corrected chi connectivity index (χ4v) is 1.05. The minimum Gasteiger partial charge on any atom is -0.445 e. The maximum absolute atomic E-state index is 12.3. The van der Waals surface area contributed by atoms with Crippen molar-refractivity contribution in [2.24, 2.45) is 5.73 Å². The second-order valence-corrected chi connectivity index (χ2v) is 3.03. The van der Waals surface area contributed by atoms with Crippen molar-refractivity contribution in [3.8, 4) is 0 Å². The summed E-state index contributed by atoms with van der Waals surface area (Å²) in [6.07, 6.45) is 0. The molecule has 0 aliphatic carbocycles. The van der Waals surface area contributed by atoms with Crippen molar-refractivity contribution in [2.75, 3.05) is 0 Å². The summed E-state index contributed by atoms with van der Waals surface area (Å²) in [5.41, 5.74) is 5.39. The Morgan fingerprint density at radius 2 is 1.86 bits per heavy atom. The normalized spacial score (nSPS) is 13.2. The predicted octanol–water partition coefficient (Wildman–Crippen LogP) is -1.24. The molecule has 1 rings (SSSR count). The standard InChI is InChI=1S/C8H10BF3N.K/c1-6(13)7-3-2-4-8(5-7)9(10,11)12;/h2-6H,13H2,1H3;/q-1;+1. The fourth-order valence-electron chi connectivity index (χ4n) is 1.05. The molecule has 1 aromatic rings. The molecular weight excluding hydrogens is 217 g/mol. The summed E-state index contributed by atoms with van der Waals surface area (Å²) < 4.78 is 36.8. The molecule has 0 saturated heterocycles. The van der Waals surface area contributed by atoms with Crippen molar-refractivity contribution in [2.45, 2.75) is 13.0 Å². The second-order valence-electron chi connectivity index (χ2n) is 3.03. The summed E-state index contributed by atoms with van der Waals surface area (Å²) >= 11 is 0. The van der Waals surface area contributed by atoms with E-state index in [1.54, 1.807) is 13.0 Å². The molecule has 72 valence electrons. The first-order valence-corrected chi connectivity index (χ1v) is 3.96. The molecule has 0 radical (unpaired) electrons. The van der Waals surface area contributed by atoms with Crippen molar-refractivity contribution in [3.05, 3.63) is 29.8 Å². The van der Waals surface area contributed by atoms with E-state index in [4.69, 9.17) is 5.73 Å². The molecule has 1 atom stereocenters. The van der Waals surface area contributed by atoms with Crippen molar-refractivity contribution in [3.63, 3.8) is 0 Å². The first-order valence-electron chi connectivity index (χ1n) is 3.96. The molecule has 0 aromatic heterocycles. The van der Waals surface area contributed by atoms with Gasteiger partial charge in [-0.1, -0.05) is 24.3 Å². The first-order chi connectivity index (χ1) is 5.91. The minimum atomic E-state index is -4.91. The van der Waals surface area contributed by atoms with Crippen LogP contribution in [0.4, 0.5) is 12.9 Å². The second kappa shape index (κ2) is 5.67. The Morgan fingerprint density at radius 1 is 1.29 bits per heavy atom. The third-order valence-corrected chi connectivity index (χ3v) is 1.81. The van der Waals surface area contributed by atoms with Crippen molar-refractivity contribution in [1.29, 1.82) is 0 Å². The van der Waals surface area contributed by atoms with Crippen LogP contribution in [0.25, 0.3) is 0 Å². The quantitative estimate of drug-likeness (QED) is 0.629. The van der Waals surface area contributed by atoms with Gasteiger partial charge in [0.25, 0.3) is 0 Å². The Hall–Kier alpha value is 0.671. The smallest absolute Gasteiger partial charge is 0.445 e. The van der Waals surface area contributed by atoms with Gasteiger partial charge < -0.3 is 18.7 Å². The van der Waals surface area contributed by atoms with Gasteiger partial charge in [0.15, 0.2) is 0 Å². The topological polar surface area (TPSA) is 26.0 Å². The number of rotatable bonds is 2. The van der Waals surface area contributed by atoms with Crippen LogP contribution in [0.3, 0.4) is 0 Å². The molecule has 14 heavy (non-hydrogen) atoms. The fraction of sp³-hybridized carbons (Fsp3) is 0.250. The van der Waals surface area contributed by atoms with Gasteiger partial charge in [-0.05, 0) is 12.5 Å². The number of halogens is 3. The molecule has 6 heteroatoms. The zero-order valence-corrected chi connectivity index (χ0v) is 11.3. The van der Waals surface area contributed by atoms with Gasteiger partial charge in [-0.3, -0.25) is 0 Å². The molecule has 2 N–H and O–H groups in total. The van der Waals surface area contributed by atoms with Crippen LogP contribution < -0.4 is 62.6 Å². The van der Waals surface area contributed by atoms with Gasteiger partial charge in [0, 0.05) is 6.04 Å². The Bertz CT molecular complexity index is 301. The maximum Gasteiger partial charge on any atom is 1.00 e. The number of benzene rings is 1. The molecule has 0 bridgehead atoms. The Labute approximate surface area is 124 Å². The summed E-state index contributed by atoms with van der Waals surface area (Å²) in [6.45, 7) is -3.25. The molecule has 0 fully saturated rings. The molecule has 0 heterocycles. The van der Waals surface area contributed by atoms with E-state index in [9.17, 15) is 12.9 Å². The number of hydrogen-bond acceptors (Lipinski definition) is 1. The van der Waals surface area contributed by atoms with Crippen LogP contribution in [-0.4, -0.2) is 6.98 Å². The van der Waals surface area contributed by atoms with E-state index >= 15 is 0 Å². The average molecular weight is 227 g/mol. The van der Waals surface area contributed by atoms with Crippen LogP contribution in [-0.2, 0) is 0 Å². The third kappa shape index (κ3) is 4.04. The first kappa shape index (κ1) is 14.7. The van der Waals surface area contributed by atoms with Crippen LogP contribution in [0.15, 0.2) is 24.3 Å². The van der Waals surface area contributed by atoms with Gasteiger partial charge in [-0.2, -0.15) is 0 Å². The molecule has 0 amide bonds. The molecule has 0 aliphatic rings. The summed E-state index contributed by atoms with van der Waals surface area (Å²) in [4.78, 5) is 0. The zero-order valence-electron chi connectivity index (χ0n) is 8.18. The van der Waals surface area contributed by atoms with Crippen LogP contribution in [0.2, 0.25) is 0 Å². The number of nitrogens with two attached hydrogens (primary N) is 1. The molecular formula is C8H10BF3KN. The average Bonchev–Trinajstić information content (AvgIpc) is 2.03. The molecule has 1 aromatic carbocycles. The van der Waals surface area contributed by atoms with Gasteiger partial charge >= 0.3 is 58.4 Å². The van der Waals surface area contributed by atoms with E-state index < -0.39 is 12.4 Å². The van der Waals surface area contributed by atoms with Crippen LogP contribution >= 0.6 is 0 Å². The summed E-state index contributed by atoms with van der Waals surface area (Å²) in [5, 5.41) is 0. The van der Waals surface area contributed by atoms with E-state index in [1.807, 2.05) is 0 Å². The monoisotopic (exact) mass is 227 g/mol. The summed E-state index contributed by atoms with van der Waals surface area (Å²) in [5.74, 6) is 0.